The van der Waals surface area contributed by atoms with Gasteiger partial charge in [-0.2, -0.15) is 0 Å². The van der Waals surface area contributed by atoms with Gasteiger partial charge in [0, 0.05) is 44.5 Å². The third-order valence-corrected chi connectivity index (χ3v) is 4.36. The first-order valence-electron chi connectivity index (χ1n) is 7.68. The number of nitrogens with two attached hydrogens (primary N) is 1. The van der Waals surface area contributed by atoms with Gasteiger partial charge in [0.25, 0.3) is 0 Å². The van der Waals surface area contributed by atoms with Gasteiger partial charge in [0.1, 0.15) is 5.52 Å². The fraction of sp³-hybridized carbons (Fsp3) is 0.500. The first-order valence-corrected chi connectivity index (χ1v) is 7.68. The van der Waals surface area contributed by atoms with Crippen LogP contribution < -0.4 is 15.4 Å². The second-order valence-corrected chi connectivity index (χ2v) is 5.71. The molecule has 3 rings (SSSR count). The van der Waals surface area contributed by atoms with Gasteiger partial charge in [-0.25, -0.2) is 4.98 Å². The molecular weight excluding hydrogens is 278 g/mol. The summed E-state index contributed by atoms with van der Waals surface area (Å²) in [6, 6.07) is 6.39. The van der Waals surface area contributed by atoms with E-state index in [1.807, 2.05) is 24.4 Å². The van der Waals surface area contributed by atoms with Crippen molar-refractivity contribution in [3.63, 3.8) is 0 Å². The minimum Gasteiger partial charge on any atom is -0.481 e. The summed E-state index contributed by atoms with van der Waals surface area (Å²) in [5.74, 6) is 0.623. The SMILES string of the molecule is COc1ccc2nccc(N3CCC(N(C)CCN)C3)c2n1. The van der Waals surface area contributed by atoms with Crippen LogP contribution >= 0.6 is 0 Å². The maximum Gasteiger partial charge on any atom is 0.213 e. The third kappa shape index (κ3) is 2.84. The molecule has 22 heavy (non-hydrogen) atoms. The van der Waals surface area contributed by atoms with Crippen LogP contribution in [0, 0.1) is 0 Å². The largest absolute Gasteiger partial charge is 0.481 e. The lowest BCUT2D eigenvalue weighted by Gasteiger charge is -2.25. The van der Waals surface area contributed by atoms with E-state index < -0.39 is 0 Å². The van der Waals surface area contributed by atoms with Crippen LogP contribution in [0.1, 0.15) is 6.42 Å². The van der Waals surface area contributed by atoms with Gasteiger partial charge in [-0.3, -0.25) is 4.98 Å². The molecule has 2 N–H and O–H groups in total. The minimum absolute atomic E-state index is 0.539. The molecule has 1 saturated heterocycles. The molecule has 6 nitrogen and oxygen atoms in total. The molecule has 1 unspecified atom stereocenters. The molecule has 0 spiro atoms. The number of fused-ring (bicyclic) bond motifs is 1. The first-order chi connectivity index (χ1) is 10.7. The summed E-state index contributed by atoms with van der Waals surface area (Å²) >= 11 is 0. The number of anilines is 1. The highest BCUT2D eigenvalue weighted by molar-refractivity contribution is 5.88. The quantitative estimate of drug-likeness (QED) is 0.892. The Labute approximate surface area is 130 Å². The summed E-state index contributed by atoms with van der Waals surface area (Å²) in [6.45, 7) is 3.65. The van der Waals surface area contributed by atoms with Gasteiger partial charge in [-0.1, -0.05) is 0 Å². The lowest BCUT2D eigenvalue weighted by atomic mass is 10.2. The average molecular weight is 301 g/mol. The Hall–Kier alpha value is -1.92. The second-order valence-electron chi connectivity index (χ2n) is 5.71. The summed E-state index contributed by atoms with van der Waals surface area (Å²) in [4.78, 5) is 13.7. The molecule has 1 fully saturated rings. The molecule has 0 amide bonds. The highest BCUT2D eigenvalue weighted by atomic mass is 16.5. The molecular formula is C16H23N5O. The van der Waals surface area contributed by atoms with Crippen molar-refractivity contribution in [2.75, 3.05) is 45.2 Å². The molecule has 118 valence electrons. The summed E-state index contributed by atoms with van der Waals surface area (Å²) in [6.07, 6.45) is 2.99. The zero-order valence-corrected chi connectivity index (χ0v) is 13.2. The van der Waals surface area contributed by atoms with Crippen LogP contribution in [0.4, 0.5) is 5.69 Å². The normalized spacial score (nSPS) is 18.4. The van der Waals surface area contributed by atoms with Crippen LogP contribution in [0.5, 0.6) is 5.88 Å². The predicted molar refractivity (Wildman–Crippen MR) is 88.4 cm³/mol. The van der Waals surface area contributed by atoms with Crippen LogP contribution in [-0.4, -0.2) is 61.2 Å². The predicted octanol–water partition coefficient (Wildman–Crippen LogP) is 1.11. The van der Waals surface area contributed by atoms with Gasteiger partial charge in [0.2, 0.25) is 5.88 Å². The summed E-state index contributed by atoms with van der Waals surface area (Å²) < 4.78 is 5.25. The van der Waals surface area contributed by atoms with Gasteiger partial charge in [-0.15, -0.1) is 0 Å². The second kappa shape index (κ2) is 6.46. The Kier molecular flexibility index (Phi) is 4.40. The average Bonchev–Trinajstić information content (AvgIpc) is 3.04. The van der Waals surface area contributed by atoms with E-state index in [-0.39, 0.29) is 0 Å². The van der Waals surface area contributed by atoms with Gasteiger partial charge < -0.3 is 20.3 Å². The van der Waals surface area contributed by atoms with Gasteiger partial charge in [-0.05, 0) is 25.6 Å². The maximum absolute atomic E-state index is 5.66. The Morgan fingerprint density at radius 1 is 1.41 bits per heavy atom. The van der Waals surface area contributed by atoms with E-state index in [0.717, 1.165) is 42.8 Å². The smallest absolute Gasteiger partial charge is 0.213 e. The zero-order valence-electron chi connectivity index (χ0n) is 13.2. The van der Waals surface area contributed by atoms with Crippen LogP contribution in [-0.2, 0) is 0 Å². The molecule has 3 heterocycles. The molecule has 2 aromatic heterocycles. The molecule has 0 radical (unpaired) electrons. The highest BCUT2D eigenvalue weighted by Gasteiger charge is 2.26. The standard InChI is InChI=1S/C16H23N5O/c1-20(10-7-17)12-6-9-21(11-12)14-5-8-18-13-3-4-15(22-2)19-16(13)14/h3-5,8,12H,6-7,9-11,17H2,1-2H3. The van der Waals surface area contributed by atoms with E-state index in [9.17, 15) is 0 Å². The van der Waals surface area contributed by atoms with E-state index in [4.69, 9.17) is 10.5 Å². The van der Waals surface area contributed by atoms with Gasteiger partial charge in [0.05, 0.1) is 18.3 Å². The van der Waals surface area contributed by atoms with Crippen LogP contribution in [0.3, 0.4) is 0 Å². The van der Waals surface area contributed by atoms with Crippen molar-refractivity contribution in [3.05, 3.63) is 24.4 Å². The van der Waals surface area contributed by atoms with E-state index in [2.05, 4.69) is 26.8 Å². The van der Waals surface area contributed by atoms with Crippen molar-refractivity contribution in [2.45, 2.75) is 12.5 Å². The Morgan fingerprint density at radius 3 is 3.05 bits per heavy atom. The lowest BCUT2D eigenvalue weighted by Crippen LogP contribution is -2.37. The molecule has 0 bridgehead atoms. The Balaban J connectivity index is 1.87. The number of hydrogen-bond donors (Lipinski definition) is 1. The number of likely N-dealkylation sites (N-methyl/N-ethyl adjacent to an activating group) is 1. The fourth-order valence-corrected chi connectivity index (χ4v) is 3.07. The zero-order chi connectivity index (χ0) is 15.5. The van der Waals surface area contributed by atoms with Crippen molar-refractivity contribution in [3.8, 4) is 5.88 Å². The number of methoxy groups -OCH3 is 1. The van der Waals surface area contributed by atoms with Crippen LogP contribution in [0.25, 0.3) is 11.0 Å². The molecule has 1 aliphatic rings. The maximum atomic E-state index is 5.66. The monoisotopic (exact) mass is 301 g/mol. The number of nitrogens with zero attached hydrogens (tertiary/aromatic N) is 4. The molecule has 0 aliphatic carbocycles. The molecule has 0 aromatic carbocycles. The van der Waals surface area contributed by atoms with Crippen LogP contribution in [0.2, 0.25) is 0 Å². The van der Waals surface area contributed by atoms with E-state index in [0.29, 0.717) is 18.5 Å². The van der Waals surface area contributed by atoms with Gasteiger partial charge in [0.15, 0.2) is 0 Å². The Bertz CT molecular complexity index is 647. The lowest BCUT2D eigenvalue weighted by molar-refractivity contribution is 0.266. The molecule has 1 atom stereocenters. The van der Waals surface area contributed by atoms with E-state index >= 15 is 0 Å². The highest BCUT2D eigenvalue weighted by Crippen LogP contribution is 2.29. The number of hydrogen-bond acceptors (Lipinski definition) is 6. The van der Waals surface area contributed by atoms with E-state index in [1.165, 1.54) is 0 Å². The van der Waals surface area contributed by atoms with Gasteiger partial charge >= 0.3 is 0 Å². The fourth-order valence-electron chi connectivity index (χ4n) is 3.07. The molecule has 6 heteroatoms. The summed E-state index contributed by atoms with van der Waals surface area (Å²) in [5, 5.41) is 0. The van der Waals surface area contributed by atoms with E-state index in [1.54, 1.807) is 7.11 Å². The van der Waals surface area contributed by atoms with Crippen molar-refractivity contribution in [1.82, 2.24) is 14.9 Å². The summed E-state index contributed by atoms with van der Waals surface area (Å²) in [5.41, 5.74) is 8.60. The number of rotatable bonds is 5. The number of pyridine rings is 2. The number of aromatic nitrogens is 2. The Morgan fingerprint density at radius 2 is 2.27 bits per heavy atom. The summed E-state index contributed by atoms with van der Waals surface area (Å²) in [7, 11) is 3.78. The van der Waals surface area contributed by atoms with Crippen molar-refractivity contribution in [1.29, 1.82) is 0 Å². The van der Waals surface area contributed by atoms with Crippen molar-refractivity contribution < 1.29 is 4.74 Å². The third-order valence-electron chi connectivity index (χ3n) is 4.36. The molecule has 1 aliphatic heterocycles. The first kappa shape index (κ1) is 15.0. The molecule has 0 saturated carbocycles. The number of ether oxygens (including phenoxy) is 1. The minimum atomic E-state index is 0.539. The topological polar surface area (TPSA) is 67.5 Å². The molecule has 2 aromatic rings. The van der Waals surface area contributed by atoms with Crippen LogP contribution in [0.15, 0.2) is 24.4 Å². The van der Waals surface area contributed by atoms with Crippen molar-refractivity contribution in [2.24, 2.45) is 5.73 Å². The van der Waals surface area contributed by atoms with Crippen molar-refractivity contribution >= 4 is 16.7 Å².